The number of sulfonamides is 1. The monoisotopic (exact) mass is 692 g/mol. The van der Waals surface area contributed by atoms with Crippen LogP contribution in [0.3, 0.4) is 0 Å². The van der Waals surface area contributed by atoms with E-state index in [1.54, 1.807) is 18.1 Å². The molecule has 3 aromatic carbocycles. The number of rotatable bonds is 16. The van der Waals surface area contributed by atoms with Crippen molar-refractivity contribution < 1.29 is 27.9 Å². The van der Waals surface area contributed by atoms with Crippen molar-refractivity contribution in [2.45, 2.75) is 77.5 Å². The first kappa shape index (κ1) is 37.9. The quantitative estimate of drug-likeness (QED) is 0.190. The van der Waals surface area contributed by atoms with Crippen molar-refractivity contribution in [1.82, 2.24) is 15.5 Å². The van der Waals surface area contributed by atoms with Gasteiger partial charge >= 0.3 is 0 Å². The summed E-state index contributed by atoms with van der Waals surface area (Å²) in [6.07, 6.45) is 2.13. The van der Waals surface area contributed by atoms with Crippen LogP contribution in [0.15, 0.2) is 72.8 Å². The van der Waals surface area contributed by atoms with Crippen LogP contribution in [0, 0.1) is 0 Å². The average molecular weight is 693 g/mol. The van der Waals surface area contributed by atoms with E-state index in [9.17, 15) is 23.1 Å². The van der Waals surface area contributed by atoms with Crippen LogP contribution in [0.2, 0.25) is 0 Å². The van der Waals surface area contributed by atoms with Gasteiger partial charge in [-0.05, 0) is 87.4 Å². The number of carbonyl (C=O) groups is 2. The minimum absolute atomic E-state index is 0.00888. The fourth-order valence-electron chi connectivity index (χ4n) is 6.14. The number of aliphatic hydroxyl groups excluding tert-OH is 1. The van der Waals surface area contributed by atoms with Gasteiger partial charge in [-0.2, -0.15) is 0 Å². The maximum atomic E-state index is 14.1. The van der Waals surface area contributed by atoms with E-state index in [1.165, 1.54) is 16.4 Å². The summed E-state index contributed by atoms with van der Waals surface area (Å²) in [7, 11) is -1.99. The summed E-state index contributed by atoms with van der Waals surface area (Å²) in [4.78, 5) is 29.6. The first-order valence-electron chi connectivity index (χ1n) is 17.3. The smallest absolute Gasteiger partial charge is 0.253 e. The topological polar surface area (TPSA) is 128 Å². The van der Waals surface area contributed by atoms with Crippen LogP contribution in [0.4, 0.5) is 5.69 Å². The molecule has 49 heavy (non-hydrogen) atoms. The van der Waals surface area contributed by atoms with Gasteiger partial charge in [0.2, 0.25) is 10.0 Å². The number of ether oxygens (including phenoxy) is 1. The molecule has 0 spiro atoms. The van der Waals surface area contributed by atoms with Gasteiger partial charge in [-0.3, -0.25) is 13.9 Å². The zero-order chi connectivity index (χ0) is 35.6. The van der Waals surface area contributed by atoms with Gasteiger partial charge in [0, 0.05) is 42.8 Å². The Morgan fingerprint density at radius 2 is 1.65 bits per heavy atom. The lowest BCUT2D eigenvalue weighted by molar-refractivity contribution is 0.0755. The van der Waals surface area contributed by atoms with E-state index in [4.69, 9.17) is 4.74 Å². The molecule has 1 aliphatic heterocycles. The highest BCUT2D eigenvalue weighted by atomic mass is 32.2. The molecule has 0 aliphatic carbocycles. The molecule has 0 unspecified atom stereocenters. The Morgan fingerprint density at radius 1 is 0.959 bits per heavy atom. The van der Waals surface area contributed by atoms with Gasteiger partial charge in [0.15, 0.2) is 0 Å². The molecule has 0 radical (unpaired) electrons. The van der Waals surface area contributed by atoms with Crippen molar-refractivity contribution in [3.63, 3.8) is 0 Å². The molecular formula is C38H52N4O6S. The number of methoxy groups -OCH3 is 1. The molecular weight excluding hydrogens is 641 g/mol. The SMILES string of the molecule is CCCN(CCC)C(=O)c1cc(C(=O)N[C@@H](Cc2ccccc2)[C@@H](O)CNC(C)(C)c2cccc(OC)c2)cc(N2CCCCS2(=O)=O)c1. The number of aliphatic hydroxyl groups is 1. The Kier molecular flexibility index (Phi) is 13.2. The highest BCUT2D eigenvalue weighted by molar-refractivity contribution is 7.92. The molecule has 3 aromatic rings. The van der Waals surface area contributed by atoms with Crippen molar-refractivity contribution in [1.29, 1.82) is 0 Å². The Balaban J connectivity index is 1.65. The van der Waals surface area contributed by atoms with E-state index in [1.807, 2.05) is 82.3 Å². The van der Waals surface area contributed by atoms with Gasteiger partial charge in [-0.1, -0.05) is 56.3 Å². The molecule has 266 valence electrons. The van der Waals surface area contributed by atoms with Gasteiger partial charge in [-0.25, -0.2) is 8.42 Å². The second-order valence-electron chi connectivity index (χ2n) is 13.2. The Morgan fingerprint density at radius 3 is 2.31 bits per heavy atom. The molecule has 0 bridgehead atoms. The molecule has 3 N–H and O–H groups in total. The number of hydrogen-bond donors (Lipinski definition) is 3. The van der Waals surface area contributed by atoms with Crippen molar-refractivity contribution in [3.05, 3.63) is 95.1 Å². The standard InChI is InChI=1S/C38H52N4O6S/c1-6-18-41(19-7-2)37(45)30-23-29(24-32(25-30)42-20-11-12-21-49(42,46)47)36(44)40-34(22-28-14-9-8-10-15-28)35(43)27-39-38(3,4)31-16-13-17-33(26-31)48-5/h8-10,13-17,23-26,34-35,39,43H,6-7,11-12,18-22,27H2,1-5H3,(H,40,44)/t34-,35-/m0/s1. The lowest BCUT2D eigenvalue weighted by Gasteiger charge is -2.32. The number of nitrogens with zero attached hydrogens (tertiary/aromatic N) is 2. The maximum absolute atomic E-state index is 14.1. The summed E-state index contributed by atoms with van der Waals surface area (Å²) < 4.78 is 33.0. The summed E-state index contributed by atoms with van der Waals surface area (Å²) in [6.45, 7) is 9.55. The lowest BCUT2D eigenvalue weighted by atomic mass is 9.93. The number of nitrogens with one attached hydrogen (secondary N) is 2. The maximum Gasteiger partial charge on any atom is 0.253 e. The number of hydrogen-bond acceptors (Lipinski definition) is 7. The van der Waals surface area contributed by atoms with E-state index in [0.29, 0.717) is 38.0 Å². The van der Waals surface area contributed by atoms with Crippen LogP contribution in [0.1, 0.15) is 85.2 Å². The minimum atomic E-state index is -3.61. The molecule has 1 fully saturated rings. The largest absolute Gasteiger partial charge is 0.497 e. The zero-order valence-electron chi connectivity index (χ0n) is 29.4. The summed E-state index contributed by atoms with van der Waals surface area (Å²) in [5.74, 6) is -0.0181. The third kappa shape index (κ3) is 10.1. The highest BCUT2D eigenvalue weighted by Crippen LogP contribution is 2.28. The molecule has 1 aliphatic rings. The van der Waals surface area contributed by atoms with Crippen LogP contribution >= 0.6 is 0 Å². The molecule has 2 atom stereocenters. The molecule has 11 heteroatoms. The van der Waals surface area contributed by atoms with E-state index in [2.05, 4.69) is 10.6 Å². The van der Waals surface area contributed by atoms with Gasteiger partial charge in [0.1, 0.15) is 5.75 Å². The molecule has 10 nitrogen and oxygen atoms in total. The highest BCUT2D eigenvalue weighted by Gasteiger charge is 2.30. The van der Waals surface area contributed by atoms with Crippen LogP contribution < -0.4 is 19.7 Å². The van der Waals surface area contributed by atoms with Crippen molar-refractivity contribution in [2.24, 2.45) is 0 Å². The lowest BCUT2D eigenvalue weighted by Crippen LogP contribution is -2.51. The summed E-state index contributed by atoms with van der Waals surface area (Å²) >= 11 is 0. The third-order valence-electron chi connectivity index (χ3n) is 8.96. The summed E-state index contributed by atoms with van der Waals surface area (Å²) in [5, 5.41) is 18.1. The predicted octanol–water partition coefficient (Wildman–Crippen LogP) is 5.11. The molecule has 4 rings (SSSR count). The van der Waals surface area contributed by atoms with Gasteiger partial charge in [0.05, 0.1) is 30.7 Å². The number of benzene rings is 3. The molecule has 0 aromatic heterocycles. The van der Waals surface area contributed by atoms with E-state index in [0.717, 1.165) is 29.7 Å². The van der Waals surface area contributed by atoms with Crippen molar-refractivity contribution in [2.75, 3.05) is 43.3 Å². The van der Waals surface area contributed by atoms with Gasteiger partial charge in [0.25, 0.3) is 11.8 Å². The van der Waals surface area contributed by atoms with E-state index >= 15 is 0 Å². The Labute approximate surface area is 291 Å². The first-order valence-corrected chi connectivity index (χ1v) is 18.9. The van der Waals surface area contributed by atoms with Crippen LogP contribution in [0.25, 0.3) is 0 Å². The Hall–Kier alpha value is -3.93. The van der Waals surface area contributed by atoms with Crippen LogP contribution in [-0.4, -0.2) is 81.4 Å². The molecule has 1 heterocycles. The predicted molar refractivity (Wildman–Crippen MR) is 195 cm³/mol. The normalized spacial score (nSPS) is 15.7. The minimum Gasteiger partial charge on any atom is -0.497 e. The summed E-state index contributed by atoms with van der Waals surface area (Å²) in [6, 6.07) is 21.3. The average Bonchev–Trinajstić information content (AvgIpc) is 3.10. The van der Waals surface area contributed by atoms with E-state index < -0.39 is 33.6 Å². The summed E-state index contributed by atoms with van der Waals surface area (Å²) in [5.41, 5.74) is 2.09. The Bertz CT molecular complexity index is 1660. The van der Waals surface area contributed by atoms with Crippen LogP contribution in [-0.2, 0) is 22.0 Å². The zero-order valence-corrected chi connectivity index (χ0v) is 30.3. The number of carbonyl (C=O) groups excluding carboxylic acids is 2. The molecule has 0 saturated carbocycles. The fraction of sp³-hybridized carbons (Fsp3) is 0.474. The molecule has 1 saturated heterocycles. The van der Waals surface area contributed by atoms with Crippen LogP contribution in [0.5, 0.6) is 5.75 Å². The number of amides is 2. The second kappa shape index (κ2) is 17.1. The van der Waals surface area contributed by atoms with Crippen molar-refractivity contribution in [3.8, 4) is 5.75 Å². The first-order chi connectivity index (χ1) is 23.4. The van der Waals surface area contributed by atoms with Gasteiger partial charge < -0.3 is 25.4 Å². The third-order valence-corrected chi connectivity index (χ3v) is 10.8. The van der Waals surface area contributed by atoms with Crippen molar-refractivity contribution >= 4 is 27.5 Å². The van der Waals surface area contributed by atoms with E-state index in [-0.39, 0.29) is 35.9 Å². The van der Waals surface area contributed by atoms with Gasteiger partial charge in [-0.15, -0.1) is 0 Å². The molecule has 2 amide bonds. The number of anilines is 1. The second-order valence-corrected chi connectivity index (χ2v) is 15.2. The fourth-order valence-corrected chi connectivity index (χ4v) is 7.77.